The number of pyridine rings is 2. The topological polar surface area (TPSA) is 86.6 Å². The van der Waals surface area contributed by atoms with Gasteiger partial charge in [0.1, 0.15) is 0 Å². The highest BCUT2D eigenvalue weighted by Gasteiger charge is 2.30. The van der Waals surface area contributed by atoms with Crippen LogP contribution in [0.25, 0.3) is 10.9 Å². The summed E-state index contributed by atoms with van der Waals surface area (Å²) in [5, 5.41) is 9.99. The average Bonchev–Trinajstić information content (AvgIpc) is 3.28. The number of carbonyl (C=O) groups excluding carboxylic acids is 2. The van der Waals surface area contributed by atoms with E-state index in [0.29, 0.717) is 24.2 Å². The van der Waals surface area contributed by atoms with E-state index in [9.17, 15) is 14.7 Å². The molecule has 2 aromatic heterocycles. The first-order valence-corrected chi connectivity index (χ1v) is 10.0. The van der Waals surface area contributed by atoms with Gasteiger partial charge >= 0.3 is 0 Å². The third-order valence-corrected chi connectivity index (χ3v) is 5.55. The van der Waals surface area contributed by atoms with Gasteiger partial charge in [-0.3, -0.25) is 19.6 Å². The third kappa shape index (κ3) is 3.89. The molecule has 0 aliphatic carbocycles. The summed E-state index contributed by atoms with van der Waals surface area (Å²) in [7, 11) is 1.68. The zero-order chi connectivity index (χ0) is 21.1. The number of para-hydroxylation sites is 1. The first-order chi connectivity index (χ1) is 14.6. The largest absolute Gasteiger partial charge is 0.395 e. The predicted octanol–water partition coefficient (Wildman–Crippen LogP) is 2.32. The highest BCUT2D eigenvalue weighted by atomic mass is 16.3. The molecule has 1 aliphatic rings. The van der Waals surface area contributed by atoms with E-state index >= 15 is 0 Å². The molecule has 7 nitrogen and oxygen atoms in total. The van der Waals surface area contributed by atoms with E-state index in [0.717, 1.165) is 23.0 Å². The van der Waals surface area contributed by atoms with Crippen molar-refractivity contribution >= 4 is 22.7 Å². The van der Waals surface area contributed by atoms with Crippen molar-refractivity contribution in [2.45, 2.75) is 12.3 Å². The fourth-order valence-electron chi connectivity index (χ4n) is 3.90. The van der Waals surface area contributed by atoms with Crippen molar-refractivity contribution < 1.29 is 14.7 Å². The lowest BCUT2D eigenvalue weighted by atomic mass is 9.99. The quantitative estimate of drug-likeness (QED) is 0.705. The van der Waals surface area contributed by atoms with Gasteiger partial charge in [0.2, 0.25) is 0 Å². The molecule has 0 spiro atoms. The Balaban J connectivity index is 1.63. The van der Waals surface area contributed by atoms with Gasteiger partial charge in [-0.05, 0) is 30.7 Å². The monoisotopic (exact) mass is 404 g/mol. The van der Waals surface area contributed by atoms with Crippen LogP contribution in [0.4, 0.5) is 0 Å². The van der Waals surface area contributed by atoms with Crippen molar-refractivity contribution in [3.63, 3.8) is 0 Å². The van der Waals surface area contributed by atoms with E-state index in [4.69, 9.17) is 4.98 Å². The van der Waals surface area contributed by atoms with Crippen LogP contribution in [0.2, 0.25) is 0 Å². The van der Waals surface area contributed by atoms with Crippen LogP contribution in [0.1, 0.15) is 38.7 Å². The fraction of sp³-hybridized carbons (Fsp3) is 0.304. The number of carbonyl (C=O) groups is 2. The summed E-state index contributed by atoms with van der Waals surface area (Å²) >= 11 is 0. The molecule has 1 saturated heterocycles. The molecule has 3 aromatic rings. The van der Waals surface area contributed by atoms with E-state index < -0.39 is 0 Å². The SMILES string of the molecule is CN(CCO)C(=O)c1cc([C@H]2CCN(C(=O)c3cccnc3)C2)nc2ccccc12. The standard InChI is InChI=1S/C23H24N4O3/c1-26(11-12-28)23(30)19-13-21(25-20-7-3-2-6-18(19)20)17-8-10-27(15-17)22(29)16-5-4-9-24-14-16/h2-7,9,13-14,17,28H,8,10-12,15H2,1H3/t17-/m0/s1. The van der Waals surface area contributed by atoms with Crippen LogP contribution in [0.3, 0.4) is 0 Å². The number of aliphatic hydroxyl groups excluding tert-OH is 1. The number of hydrogen-bond acceptors (Lipinski definition) is 5. The molecule has 3 heterocycles. The second-order valence-electron chi connectivity index (χ2n) is 7.54. The number of likely N-dealkylation sites (N-methyl/N-ethyl adjacent to an activating group) is 1. The van der Waals surface area contributed by atoms with Gasteiger partial charge in [0, 0.05) is 56.1 Å². The van der Waals surface area contributed by atoms with Crippen molar-refractivity contribution in [3.8, 4) is 0 Å². The summed E-state index contributed by atoms with van der Waals surface area (Å²) in [5.74, 6) is -0.125. The molecule has 7 heteroatoms. The van der Waals surface area contributed by atoms with Crippen LogP contribution in [-0.4, -0.2) is 70.0 Å². The fourth-order valence-corrected chi connectivity index (χ4v) is 3.90. The minimum Gasteiger partial charge on any atom is -0.395 e. The van der Waals surface area contributed by atoms with Crippen molar-refractivity contribution in [2.24, 2.45) is 0 Å². The Bertz CT molecular complexity index is 1070. The van der Waals surface area contributed by atoms with Crippen LogP contribution in [0.15, 0.2) is 54.9 Å². The third-order valence-electron chi connectivity index (χ3n) is 5.55. The molecule has 1 aromatic carbocycles. The molecule has 0 radical (unpaired) electrons. The van der Waals surface area contributed by atoms with Crippen molar-refractivity contribution in [1.29, 1.82) is 0 Å². The molecule has 0 unspecified atom stereocenters. The summed E-state index contributed by atoms with van der Waals surface area (Å²) in [5.41, 5.74) is 2.72. The lowest BCUT2D eigenvalue weighted by molar-refractivity contribution is 0.0766. The highest BCUT2D eigenvalue weighted by molar-refractivity contribution is 6.06. The van der Waals surface area contributed by atoms with E-state index in [2.05, 4.69) is 4.98 Å². The van der Waals surface area contributed by atoms with Crippen molar-refractivity contribution in [3.05, 3.63) is 71.7 Å². The predicted molar refractivity (Wildman–Crippen MR) is 113 cm³/mol. The summed E-state index contributed by atoms with van der Waals surface area (Å²) in [6.45, 7) is 1.37. The molecule has 0 saturated carbocycles. The molecule has 30 heavy (non-hydrogen) atoms. The average molecular weight is 404 g/mol. The Morgan fingerprint density at radius 3 is 2.83 bits per heavy atom. The van der Waals surface area contributed by atoms with Gasteiger partial charge < -0.3 is 14.9 Å². The second-order valence-corrected chi connectivity index (χ2v) is 7.54. The first-order valence-electron chi connectivity index (χ1n) is 10.0. The smallest absolute Gasteiger partial charge is 0.255 e. The van der Waals surface area contributed by atoms with Gasteiger partial charge in [0.05, 0.1) is 23.3 Å². The van der Waals surface area contributed by atoms with Gasteiger partial charge in [-0.15, -0.1) is 0 Å². The number of likely N-dealkylation sites (tertiary alicyclic amines) is 1. The number of nitrogens with zero attached hydrogens (tertiary/aromatic N) is 4. The summed E-state index contributed by atoms with van der Waals surface area (Å²) in [6.07, 6.45) is 4.02. The Morgan fingerprint density at radius 2 is 2.07 bits per heavy atom. The van der Waals surface area contributed by atoms with Gasteiger partial charge in [-0.1, -0.05) is 18.2 Å². The van der Waals surface area contributed by atoms with E-state index in [1.165, 1.54) is 4.90 Å². The number of aliphatic hydroxyl groups is 1. The number of aromatic nitrogens is 2. The minimum atomic E-state index is -0.148. The zero-order valence-corrected chi connectivity index (χ0v) is 16.9. The number of amides is 2. The van der Waals surface area contributed by atoms with E-state index in [1.807, 2.05) is 35.2 Å². The number of hydrogen-bond donors (Lipinski definition) is 1. The summed E-state index contributed by atoms with van der Waals surface area (Å²) in [6, 6.07) is 12.9. The Morgan fingerprint density at radius 1 is 1.23 bits per heavy atom. The normalized spacial score (nSPS) is 16.1. The van der Waals surface area contributed by atoms with Crippen LogP contribution >= 0.6 is 0 Å². The van der Waals surface area contributed by atoms with E-state index in [-0.39, 0.29) is 30.9 Å². The maximum atomic E-state index is 13.0. The molecule has 1 aliphatic heterocycles. The van der Waals surface area contributed by atoms with Crippen LogP contribution in [-0.2, 0) is 0 Å². The summed E-state index contributed by atoms with van der Waals surface area (Å²) in [4.78, 5) is 37.9. The van der Waals surface area contributed by atoms with Crippen molar-refractivity contribution in [2.75, 3.05) is 33.3 Å². The molecule has 0 bridgehead atoms. The molecule has 4 rings (SSSR count). The van der Waals surface area contributed by atoms with Gasteiger partial charge in [-0.2, -0.15) is 0 Å². The van der Waals surface area contributed by atoms with Gasteiger partial charge in [0.15, 0.2) is 0 Å². The van der Waals surface area contributed by atoms with E-state index in [1.54, 1.807) is 31.6 Å². The number of fused-ring (bicyclic) bond motifs is 1. The second kappa shape index (κ2) is 8.59. The molecule has 1 atom stereocenters. The molecular formula is C23H24N4O3. The lowest BCUT2D eigenvalue weighted by Gasteiger charge is -2.19. The zero-order valence-electron chi connectivity index (χ0n) is 16.9. The maximum Gasteiger partial charge on any atom is 0.255 e. The number of rotatable bonds is 5. The molecule has 1 N–H and O–H groups in total. The minimum absolute atomic E-state index is 0.0367. The molecule has 2 amide bonds. The number of benzene rings is 1. The van der Waals surface area contributed by atoms with Gasteiger partial charge in [0.25, 0.3) is 11.8 Å². The van der Waals surface area contributed by atoms with Crippen molar-refractivity contribution in [1.82, 2.24) is 19.8 Å². The van der Waals surface area contributed by atoms with Crippen LogP contribution < -0.4 is 0 Å². The van der Waals surface area contributed by atoms with Crippen LogP contribution in [0, 0.1) is 0 Å². The maximum absolute atomic E-state index is 13.0. The Kier molecular flexibility index (Phi) is 5.72. The Labute approximate surface area is 175 Å². The van der Waals surface area contributed by atoms with Crippen LogP contribution in [0.5, 0.6) is 0 Å². The van der Waals surface area contributed by atoms with Gasteiger partial charge in [-0.25, -0.2) is 0 Å². The molecule has 1 fully saturated rings. The Hall–Kier alpha value is -3.32. The molecular weight excluding hydrogens is 380 g/mol. The highest BCUT2D eigenvalue weighted by Crippen LogP contribution is 2.30. The first kappa shape index (κ1) is 20.0. The lowest BCUT2D eigenvalue weighted by Crippen LogP contribution is -2.30. The summed E-state index contributed by atoms with van der Waals surface area (Å²) < 4.78 is 0. The molecule has 154 valence electrons.